The number of rotatable bonds is 5. The van der Waals surface area contributed by atoms with Crippen LogP contribution in [-0.4, -0.2) is 13.7 Å². The van der Waals surface area contributed by atoms with E-state index in [1.54, 1.807) is 7.11 Å². The minimum atomic E-state index is 0.629. The molecule has 2 nitrogen and oxygen atoms in total. The summed E-state index contributed by atoms with van der Waals surface area (Å²) in [5, 5.41) is 0. The fraction of sp³-hybridized carbons (Fsp3) is 0.538. The van der Waals surface area contributed by atoms with Crippen LogP contribution in [0.15, 0.2) is 12.1 Å². The van der Waals surface area contributed by atoms with Crippen LogP contribution in [0.5, 0.6) is 5.75 Å². The van der Waals surface area contributed by atoms with E-state index >= 15 is 0 Å². The highest BCUT2D eigenvalue weighted by molar-refractivity contribution is 5.42. The van der Waals surface area contributed by atoms with Crippen molar-refractivity contribution in [3.63, 3.8) is 0 Å². The molecule has 15 heavy (non-hydrogen) atoms. The van der Waals surface area contributed by atoms with E-state index in [-0.39, 0.29) is 0 Å². The van der Waals surface area contributed by atoms with Gasteiger partial charge in [-0.1, -0.05) is 6.92 Å². The normalized spacial score (nSPS) is 10.4. The summed E-state index contributed by atoms with van der Waals surface area (Å²) in [4.78, 5) is 0. The minimum Gasteiger partial charge on any atom is -0.496 e. The third-order valence-corrected chi connectivity index (χ3v) is 2.58. The standard InChI is InChI=1S/C13H20O2/c1-5-11-8-13(14-4)12(7-10(11)3)9-15-6-2/h7-8H,5-6,9H2,1-4H3. The Bertz CT molecular complexity index is 319. The van der Waals surface area contributed by atoms with Crippen LogP contribution in [0.3, 0.4) is 0 Å². The monoisotopic (exact) mass is 208 g/mol. The minimum absolute atomic E-state index is 0.629. The van der Waals surface area contributed by atoms with E-state index in [1.165, 1.54) is 11.1 Å². The SMILES string of the molecule is CCOCc1cc(C)c(CC)cc1OC. The molecule has 1 aromatic carbocycles. The van der Waals surface area contributed by atoms with Gasteiger partial charge in [-0.05, 0) is 43.5 Å². The van der Waals surface area contributed by atoms with Crippen LogP contribution in [0, 0.1) is 6.92 Å². The molecule has 0 radical (unpaired) electrons. The van der Waals surface area contributed by atoms with Gasteiger partial charge in [0.25, 0.3) is 0 Å². The molecule has 0 saturated heterocycles. The zero-order chi connectivity index (χ0) is 11.3. The van der Waals surface area contributed by atoms with Gasteiger partial charge in [-0.3, -0.25) is 0 Å². The zero-order valence-corrected chi connectivity index (χ0v) is 10.1. The van der Waals surface area contributed by atoms with E-state index in [4.69, 9.17) is 9.47 Å². The molecule has 84 valence electrons. The Morgan fingerprint density at radius 2 is 1.87 bits per heavy atom. The molecule has 0 saturated carbocycles. The summed E-state index contributed by atoms with van der Waals surface area (Å²) in [6.07, 6.45) is 1.04. The maximum Gasteiger partial charge on any atom is 0.124 e. The van der Waals surface area contributed by atoms with Crippen LogP contribution >= 0.6 is 0 Å². The molecule has 0 fully saturated rings. The summed E-state index contributed by atoms with van der Waals surface area (Å²) in [5.74, 6) is 0.936. The smallest absolute Gasteiger partial charge is 0.124 e. The highest BCUT2D eigenvalue weighted by atomic mass is 16.5. The number of benzene rings is 1. The Morgan fingerprint density at radius 3 is 2.40 bits per heavy atom. The van der Waals surface area contributed by atoms with Crippen LogP contribution < -0.4 is 4.74 Å². The maximum atomic E-state index is 5.41. The first-order chi connectivity index (χ1) is 7.22. The molecule has 0 bridgehead atoms. The molecular formula is C13H20O2. The highest BCUT2D eigenvalue weighted by Gasteiger charge is 2.06. The molecule has 0 aromatic heterocycles. The third kappa shape index (κ3) is 2.96. The maximum absolute atomic E-state index is 5.41. The summed E-state index contributed by atoms with van der Waals surface area (Å²) in [6.45, 7) is 7.65. The van der Waals surface area contributed by atoms with Gasteiger partial charge in [-0.2, -0.15) is 0 Å². The number of ether oxygens (including phenoxy) is 2. The molecule has 0 aliphatic heterocycles. The Balaban J connectivity index is 2.98. The molecule has 0 aliphatic carbocycles. The van der Waals surface area contributed by atoms with E-state index in [1.807, 2.05) is 6.92 Å². The predicted molar refractivity (Wildman–Crippen MR) is 62.4 cm³/mol. The van der Waals surface area contributed by atoms with Gasteiger partial charge in [0.05, 0.1) is 13.7 Å². The van der Waals surface area contributed by atoms with Gasteiger partial charge in [0, 0.05) is 12.2 Å². The van der Waals surface area contributed by atoms with Crippen molar-refractivity contribution in [1.82, 2.24) is 0 Å². The van der Waals surface area contributed by atoms with E-state index in [0.29, 0.717) is 6.61 Å². The average Bonchev–Trinajstić information content (AvgIpc) is 2.26. The molecule has 2 heteroatoms. The van der Waals surface area contributed by atoms with Crippen molar-refractivity contribution in [2.45, 2.75) is 33.8 Å². The molecule has 0 aliphatic rings. The van der Waals surface area contributed by atoms with Crippen LogP contribution in [0.1, 0.15) is 30.5 Å². The van der Waals surface area contributed by atoms with Gasteiger partial charge in [0.1, 0.15) is 5.75 Å². The Morgan fingerprint density at radius 1 is 1.13 bits per heavy atom. The van der Waals surface area contributed by atoms with Crippen LogP contribution in [0.2, 0.25) is 0 Å². The van der Waals surface area contributed by atoms with Crippen molar-refractivity contribution in [3.8, 4) is 5.75 Å². The topological polar surface area (TPSA) is 18.5 Å². The van der Waals surface area contributed by atoms with E-state index in [0.717, 1.165) is 24.3 Å². The van der Waals surface area contributed by atoms with E-state index in [9.17, 15) is 0 Å². The lowest BCUT2D eigenvalue weighted by Crippen LogP contribution is -1.99. The van der Waals surface area contributed by atoms with Crippen molar-refractivity contribution in [3.05, 3.63) is 28.8 Å². The summed E-state index contributed by atoms with van der Waals surface area (Å²) in [6, 6.07) is 4.27. The van der Waals surface area contributed by atoms with E-state index in [2.05, 4.69) is 26.0 Å². The summed E-state index contributed by atoms with van der Waals surface area (Å²) >= 11 is 0. The lowest BCUT2D eigenvalue weighted by molar-refractivity contribution is 0.132. The highest BCUT2D eigenvalue weighted by Crippen LogP contribution is 2.24. The van der Waals surface area contributed by atoms with Crippen LogP contribution in [0.25, 0.3) is 0 Å². The quantitative estimate of drug-likeness (QED) is 0.740. The number of hydrogen-bond acceptors (Lipinski definition) is 2. The molecular weight excluding hydrogens is 188 g/mol. The molecule has 0 heterocycles. The summed E-state index contributed by atoms with van der Waals surface area (Å²) in [7, 11) is 1.71. The molecule has 0 unspecified atom stereocenters. The molecule has 0 atom stereocenters. The van der Waals surface area contributed by atoms with Crippen molar-refractivity contribution >= 4 is 0 Å². The fourth-order valence-electron chi connectivity index (χ4n) is 1.69. The van der Waals surface area contributed by atoms with Gasteiger partial charge in [-0.15, -0.1) is 0 Å². The van der Waals surface area contributed by atoms with Gasteiger partial charge < -0.3 is 9.47 Å². The Kier molecular flexibility index (Phi) is 4.63. The Labute approximate surface area is 92.2 Å². The summed E-state index contributed by atoms with van der Waals surface area (Å²) < 4.78 is 10.8. The molecule has 1 rings (SSSR count). The third-order valence-electron chi connectivity index (χ3n) is 2.58. The van der Waals surface area contributed by atoms with Gasteiger partial charge in [-0.25, -0.2) is 0 Å². The first-order valence-corrected chi connectivity index (χ1v) is 5.47. The van der Waals surface area contributed by atoms with Gasteiger partial charge in [0.15, 0.2) is 0 Å². The average molecular weight is 208 g/mol. The van der Waals surface area contributed by atoms with Crippen LogP contribution in [-0.2, 0) is 17.8 Å². The van der Waals surface area contributed by atoms with Gasteiger partial charge in [0.2, 0.25) is 0 Å². The lowest BCUT2D eigenvalue weighted by Gasteiger charge is -2.12. The molecule has 1 aromatic rings. The first kappa shape index (κ1) is 12.1. The number of aryl methyl sites for hydroxylation is 2. The molecule has 0 N–H and O–H groups in total. The van der Waals surface area contributed by atoms with Crippen molar-refractivity contribution < 1.29 is 9.47 Å². The first-order valence-electron chi connectivity index (χ1n) is 5.47. The second kappa shape index (κ2) is 5.76. The zero-order valence-electron chi connectivity index (χ0n) is 10.1. The van der Waals surface area contributed by atoms with E-state index < -0.39 is 0 Å². The van der Waals surface area contributed by atoms with Crippen LogP contribution in [0.4, 0.5) is 0 Å². The molecule has 0 spiro atoms. The fourth-order valence-corrected chi connectivity index (χ4v) is 1.69. The van der Waals surface area contributed by atoms with Crippen molar-refractivity contribution in [2.75, 3.05) is 13.7 Å². The van der Waals surface area contributed by atoms with Gasteiger partial charge >= 0.3 is 0 Å². The number of hydrogen-bond donors (Lipinski definition) is 0. The summed E-state index contributed by atoms with van der Waals surface area (Å²) in [5.41, 5.74) is 3.79. The second-order valence-electron chi connectivity index (χ2n) is 3.58. The second-order valence-corrected chi connectivity index (χ2v) is 3.58. The molecule has 0 amide bonds. The van der Waals surface area contributed by atoms with Crippen molar-refractivity contribution in [1.29, 1.82) is 0 Å². The Hall–Kier alpha value is -1.02. The predicted octanol–water partition coefficient (Wildman–Crippen LogP) is 3.10. The number of methoxy groups -OCH3 is 1. The van der Waals surface area contributed by atoms with Crippen molar-refractivity contribution in [2.24, 2.45) is 0 Å². The lowest BCUT2D eigenvalue weighted by atomic mass is 10.0. The largest absolute Gasteiger partial charge is 0.496 e.